The number of nitrogens with one attached hydrogen (secondary N) is 1. The van der Waals surface area contributed by atoms with Crippen LogP contribution in [0.2, 0.25) is 0 Å². The Kier molecular flexibility index (Phi) is 16.2. The number of hydrogen-bond acceptors (Lipinski definition) is 9. The van der Waals surface area contributed by atoms with E-state index in [4.69, 9.17) is 9.47 Å². The number of rotatable bonds is 10. The number of halogens is 2. The Labute approximate surface area is 407 Å². The van der Waals surface area contributed by atoms with Crippen LogP contribution in [0, 0.1) is 23.5 Å². The van der Waals surface area contributed by atoms with Gasteiger partial charge in [0.05, 0.1) is 19.8 Å². The largest absolute Gasteiger partial charge is 0.480 e. The molecule has 14 nitrogen and oxygen atoms in total. The molecular formula is C54H64F2N8O6. The monoisotopic (exact) mass is 958 g/mol. The molecule has 370 valence electrons. The summed E-state index contributed by atoms with van der Waals surface area (Å²) < 4.78 is 40.7. The van der Waals surface area contributed by atoms with Gasteiger partial charge in [0.1, 0.15) is 34.1 Å². The molecule has 16 heteroatoms. The molecule has 3 amide bonds. The molecule has 10 rings (SSSR count). The topological polar surface area (TPSA) is 144 Å². The molecule has 1 N–H and O–H groups in total. The van der Waals surface area contributed by atoms with Gasteiger partial charge in [-0.2, -0.15) is 9.97 Å². The molecule has 0 bridgehead atoms. The Bertz CT molecular complexity index is 2780. The second-order valence-electron chi connectivity index (χ2n) is 18.9. The van der Waals surface area contributed by atoms with Gasteiger partial charge in [-0.15, -0.1) is 0 Å². The summed E-state index contributed by atoms with van der Waals surface area (Å²) in [6.45, 7) is 6.26. The zero-order valence-electron chi connectivity index (χ0n) is 40.7. The second kappa shape index (κ2) is 22.8. The number of hydrogen-bond donors (Lipinski definition) is 1. The molecule has 0 atom stereocenters. The van der Waals surface area contributed by atoms with Crippen molar-refractivity contribution in [1.82, 2.24) is 39.1 Å². The van der Waals surface area contributed by atoms with Crippen LogP contribution in [0.3, 0.4) is 0 Å². The van der Waals surface area contributed by atoms with E-state index < -0.39 is 11.7 Å². The Hall–Kier alpha value is -6.68. The maximum absolute atomic E-state index is 13.6. The maximum Gasteiger partial charge on any atom is 0.295 e. The first-order valence-electron chi connectivity index (χ1n) is 24.6. The lowest BCUT2D eigenvalue weighted by atomic mass is 9.90. The van der Waals surface area contributed by atoms with Crippen LogP contribution >= 0.6 is 0 Å². The van der Waals surface area contributed by atoms with Gasteiger partial charge in [0, 0.05) is 76.5 Å². The highest BCUT2D eigenvalue weighted by molar-refractivity contribution is 6.45. The predicted molar refractivity (Wildman–Crippen MR) is 264 cm³/mol. The molecule has 4 aliphatic heterocycles. The Morgan fingerprint density at radius 1 is 0.600 bits per heavy atom. The minimum absolute atomic E-state index is 0.0321. The van der Waals surface area contributed by atoms with Crippen molar-refractivity contribution < 1.29 is 37.4 Å². The zero-order chi connectivity index (χ0) is 49.3. The fraction of sp³-hybridized carbons (Fsp3) is 0.444. The first-order valence-corrected chi connectivity index (χ1v) is 24.6. The molecule has 4 fully saturated rings. The normalized spacial score (nSPS) is 16.5. The highest BCUT2D eigenvalue weighted by atomic mass is 19.1. The lowest BCUT2D eigenvalue weighted by Gasteiger charge is -2.32. The van der Waals surface area contributed by atoms with E-state index in [-0.39, 0.29) is 40.5 Å². The van der Waals surface area contributed by atoms with Crippen LogP contribution in [-0.2, 0) is 31.7 Å². The molecule has 0 spiro atoms. The molecule has 8 heterocycles. The Morgan fingerprint density at radius 3 is 1.56 bits per heavy atom. The molecule has 0 saturated carbocycles. The van der Waals surface area contributed by atoms with E-state index in [1.807, 2.05) is 59.1 Å². The molecule has 2 aromatic carbocycles. The average Bonchev–Trinajstić information content (AvgIpc) is 4.25. The van der Waals surface area contributed by atoms with Crippen molar-refractivity contribution in [1.29, 1.82) is 0 Å². The van der Waals surface area contributed by atoms with Crippen molar-refractivity contribution in [3.8, 4) is 11.8 Å². The molecule has 6 aromatic rings. The lowest BCUT2D eigenvalue weighted by Crippen LogP contribution is -2.39. The van der Waals surface area contributed by atoms with Crippen LogP contribution in [0.4, 0.5) is 8.78 Å². The highest BCUT2D eigenvalue weighted by Crippen LogP contribution is 2.31. The zero-order valence-corrected chi connectivity index (χ0v) is 40.7. The van der Waals surface area contributed by atoms with E-state index in [9.17, 15) is 28.0 Å². The summed E-state index contributed by atoms with van der Waals surface area (Å²) in [7, 11) is 6.68. The van der Waals surface area contributed by atoms with Gasteiger partial charge in [-0.05, 0) is 143 Å². The first-order chi connectivity index (χ1) is 33.9. The van der Waals surface area contributed by atoms with Crippen LogP contribution in [0.15, 0.2) is 79.1 Å². The van der Waals surface area contributed by atoms with E-state index in [2.05, 4.69) is 15.3 Å². The van der Waals surface area contributed by atoms with Crippen molar-refractivity contribution in [3.63, 3.8) is 0 Å². The number of fused-ring (bicyclic) bond motifs is 2. The number of ketones is 1. The summed E-state index contributed by atoms with van der Waals surface area (Å²) in [5, 5.41) is 4.62. The van der Waals surface area contributed by atoms with E-state index in [1.165, 1.54) is 57.3 Å². The minimum Gasteiger partial charge on any atom is -0.480 e. The number of likely N-dealkylation sites (tertiary alicyclic amines) is 3. The predicted octanol–water partition coefficient (Wildman–Crippen LogP) is 7.81. The van der Waals surface area contributed by atoms with Gasteiger partial charge in [-0.3, -0.25) is 19.2 Å². The number of carbonyl (C=O) groups excluding carboxylic acids is 4. The summed E-state index contributed by atoms with van der Waals surface area (Å²) in [6.07, 6.45) is 13.4. The average molecular weight is 959 g/mol. The van der Waals surface area contributed by atoms with Crippen molar-refractivity contribution >= 4 is 45.6 Å². The molecule has 0 unspecified atom stereocenters. The molecular weight excluding hydrogens is 895 g/mol. The van der Waals surface area contributed by atoms with Crippen molar-refractivity contribution in [2.75, 3.05) is 66.6 Å². The number of amides is 3. The van der Waals surface area contributed by atoms with Gasteiger partial charge in [-0.25, -0.2) is 8.78 Å². The number of carbonyl (C=O) groups is 4. The number of Topliss-reactive ketones (excluding diaryl/α,β-unsaturated/α-hetero) is 1. The number of pyridine rings is 2. The maximum atomic E-state index is 13.6. The third-order valence-corrected chi connectivity index (χ3v) is 14.0. The number of nitrogens with zero attached hydrogens (tertiary/aromatic N) is 7. The summed E-state index contributed by atoms with van der Waals surface area (Å²) in [5.41, 5.74) is 4.55. The van der Waals surface area contributed by atoms with E-state index in [0.29, 0.717) is 73.6 Å². The first kappa shape index (κ1) is 49.7. The van der Waals surface area contributed by atoms with Crippen LogP contribution in [0.5, 0.6) is 11.8 Å². The van der Waals surface area contributed by atoms with Crippen LogP contribution in [-0.4, -0.2) is 124 Å². The summed E-state index contributed by atoms with van der Waals surface area (Å²) in [5.74, 6) is -0.316. The number of benzene rings is 2. The quantitative estimate of drug-likeness (QED) is 0.107. The van der Waals surface area contributed by atoms with Crippen molar-refractivity contribution in [2.45, 2.75) is 64.2 Å². The van der Waals surface area contributed by atoms with E-state index in [1.54, 1.807) is 40.8 Å². The van der Waals surface area contributed by atoms with Gasteiger partial charge >= 0.3 is 0 Å². The van der Waals surface area contributed by atoms with Crippen LogP contribution < -0.4 is 14.8 Å². The van der Waals surface area contributed by atoms with Gasteiger partial charge in [0.25, 0.3) is 23.5 Å². The summed E-state index contributed by atoms with van der Waals surface area (Å²) >= 11 is 0. The van der Waals surface area contributed by atoms with Gasteiger partial charge < -0.3 is 38.6 Å². The van der Waals surface area contributed by atoms with Crippen molar-refractivity contribution in [2.24, 2.45) is 25.9 Å². The molecule has 0 aliphatic carbocycles. The number of methoxy groups -OCH3 is 2. The van der Waals surface area contributed by atoms with E-state index >= 15 is 0 Å². The number of aromatic nitrogens is 4. The van der Waals surface area contributed by atoms with Gasteiger partial charge in [-0.1, -0.05) is 24.3 Å². The number of piperidine rings is 2. The SMILES string of the molecule is C1CCNC1.COc1nc2c(cc1C(=O)N1CCC(Cc3ccc(F)cc3)CC1)c(C(=O)C(=O)N1CCCC1)cn2C.COc1nc2c(ccn2C)cc1C(=O)N1CCC(Cc2ccc(F)cc2)CC1. The van der Waals surface area contributed by atoms with Crippen LogP contribution in [0.25, 0.3) is 22.1 Å². The summed E-state index contributed by atoms with van der Waals surface area (Å²) in [6, 6.07) is 18.7. The molecule has 0 radical (unpaired) electrons. The third-order valence-electron chi connectivity index (χ3n) is 14.0. The highest BCUT2D eigenvalue weighted by Gasteiger charge is 2.32. The smallest absolute Gasteiger partial charge is 0.295 e. The van der Waals surface area contributed by atoms with Gasteiger partial charge in [0.2, 0.25) is 11.8 Å². The van der Waals surface area contributed by atoms with E-state index in [0.717, 1.165) is 73.5 Å². The van der Waals surface area contributed by atoms with Crippen molar-refractivity contribution in [3.05, 3.63) is 119 Å². The number of ether oxygens (including phenoxy) is 2. The fourth-order valence-electron chi connectivity index (χ4n) is 9.98. The molecule has 4 aliphatic rings. The third kappa shape index (κ3) is 11.7. The van der Waals surface area contributed by atoms with Gasteiger partial charge in [0.15, 0.2) is 0 Å². The minimum atomic E-state index is -0.584. The number of aryl methyl sites for hydroxylation is 2. The fourth-order valence-corrected chi connectivity index (χ4v) is 9.98. The Balaban J connectivity index is 0.000000176. The lowest BCUT2D eigenvalue weighted by molar-refractivity contribution is -0.125. The standard InChI is InChI=1S/C28H31FN4O4.C22H24FN3O2.C4H9N/c1-31-17-23(24(34)28(36)32-11-3-4-12-32)21-16-22(26(37-2)30-25(21)31)27(35)33-13-9-19(10-14-33)15-18-5-7-20(29)8-6-18;1-25-10-9-17-14-19(21(28-2)24-20(17)25)22(27)26-11-7-16(8-12-26)13-15-3-5-18(23)6-4-15;1-2-4-5-3-1/h5-8,16-17,19H,3-4,9-15H2,1-2H3;3-6,9-10,14,16H,7-8,11-13H2,1-2H3;5H,1-4H2. The summed E-state index contributed by atoms with van der Waals surface area (Å²) in [4.78, 5) is 66.9. The molecule has 4 saturated heterocycles. The van der Waals surface area contributed by atoms with Crippen LogP contribution in [0.1, 0.15) is 93.6 Å². The Morgan fingerprint density at radius 2 is 1.09 bits per heavy atom. The molecule has 4 aromatic heterocycles. The molecule has 70 heavy (non-hydrogen) atoms. The second-order valence-corrected chi connectivity index (χ2v) is 18.9.